The fraction of sp³-hybridized carbons (Fsp3) is 0.250. The van der Waals surface area contributed by atoms with Crippen LogP contribution in [0.15, 0.2) is 42.5 Å². The quantitative estimate of drug-likeness (QED) is 0.590. The highest BCUT2D eigenvalue weighted by Gasteiger charge is 2.07. The fourth-order valence-electron chi connectivity index (χ4n) is 2.48. The zero-order valence-corrected chi connectivity index (χ0v) is 15.7. The van der Waals surface area contributed by atoms with Crippen LogP contribution in [0, 0.1) is 13.8 Å². The van der Waals surface area contributed by atoms with Crippen molar-refractivity contribution in [1.82, 2.24) is 10.6 Å². The molecule has 2 aromatic carbocycles. The van der Waals surface area contributed by atoms with Crippen LogP contribution in [0.3, 0.4) is 0 Å². The second-order valence-electron chi connectivity index (χ2n) is 6.21. The van der Waals surface area contributed by atoms with Crippen LogP contribution < -0.4 is 21.3 Å². The minimum Gasteiger partial charge on any atom is -0.350 e. The lowest BCUT2D eigenvalue weighted by atomic mass is 10.1. The molecule has 7 nitrogen and oxygen atoms in total. The van der Waals surface area contributed by atoms with Gasteiger partial charge in [-0.25, -0.2) is 4.79 Å². The molecule has 0 aromatic heterocycles. The lowest BCUT2D eigenvalue weighted by Crippen LogP contribution is -2.36. The minimum atomic E-state index is -0.323. The molecular weight excluding hydrogens is 344 g/mol. The molecule has 0 radical (unpaired) electrons. The Labute approximate surface area is 158 Å². The largest absolute Gasteiger partial charge is 0.350 e. The van der Waals surface area contributed by atoms with Gasteiger partial charge in [-0.1, -0.05) is 17.7 Å². The number of carbonyl (C=O) groups excluding carboxylic acids is 3. The Bertz CT molecular complexity index is 832. The van der Waals surface area contributed by atoms with Gasteiger partial charge in [0, 0.05) is 37.0 Å². The molecule has 0 bridgehead atoms. The Morgan fingerprint density at radius 3 is 2.15 bits per heavy atom. The summed E-state index contributed by atoms with van der Waals surface area (Å²) in [6.07, 6.45) is 0. The second kappa shape index (κ2) is 9.38. The molecule has 4 amide bonds. The van der Waals surface area contributed by atoms with Crippen molar-refractivity contribution in [3.05, 3.63) is 59.2 Å². The number of nitrogens with one attached hydrogen (secondary N) is 4. The van der Waals surface area contributed by atoms with E-state index in [4.69, 9.17) is 0 Å². The topological polar surface area (TPSA) is 99.3 Å². The van der Waals surface area contributed by atoms with E-state index in [1.54, 1.807) is 24.3 Å². The van der Waals surface area contributed by atoms with Crippen molar-refractivity contribution in [2.75, 3.05) is 23.7 Å². The average Bonchev–Trinajstić information content (AvgIpc) is 2.61. The number of aryl methyl sites for hydroxylation is 2. The Morgan fingerprint density at radius 2 is 1.52 bits per heavy atom. The number of rotatable bonds is 6. The van der Waals surface area contributed by atoms with Crippen LogP contribution >= 0.6 is 0 Å². The smallest absolute Gasteiger partial charge is 0.319 e. The summed E-state index contributed by atoms with van der Waals surface area (Å²) in [5.74, 6) is -0.418. The van der Waals surface area contributed by atoms with Crippen LogP contribution in [0.4, 0.5) is 16.2 Å². The van der Waals surface area contributed by atoms with Crippen LogP contribution in [-0.4, -0.2) is 30.9 Å². The van der Waals surface area contributed by atoms with E-state index in [2.05, 4.69) is 21.3 Å². The molecule has 0 fully saturated rings. The molecule has 7 heteroatoms. The van der Waals surface area contributed by atoms with Crippen molar-refractivity contribution >= 4 is 29.2 Å². The molecule has 4 N–H and O–H groups in total. The molecule has 0 saturated heterocycles. The molecule has 142 valence electrons. The van der Waals surface area contributed by atoms with Gasteiger partial charge >= 0.3 is 6.03 Å². The van der Waals surface area contributed by atoms with Gasteiger partial charge in [-0.15, -0.1) is 0 Å². The maximum absolute atomic E-state index is 12.1. The average molecular weight is 368 g/mol. The normalized spacial score (nSPS) is 10.0. The SMILES string of the molecule is CC(=O)Nc1ccc(C(=O)NCCNC(=O)Nc2ccc(C)cc2C)cc1. The third kappa shape index (κ3) is 6.47. The fourth-order valence-corrected chi connectivity index (χ4v) is 2.48. The van der Waals surface area contributed by atoms with Gasteiger partial charge in [-0.05, 0) is 49.7 Å². The molecule has 27 heavy (non-hydrogen) atoms. The van der Waals surface area contributed by atoms with Crippen molar-refractivity contribution in [2.45, 2.75) is 20.8 Å². The van der Waals surface area contributed by atoms with E-state index in [0.717, 1.165) is 16.8 Å². The van der Waals surface area contributed by atoms with Crippen LogP contribution in [0.5, 0.6) is 0 Å². The van der Waals surface area contributed by atoms with Gasteiger partial charge in [0.1, 0.15) is 0 Å². The Hall–Kier alpha value is -3.35. The number of benzene rings is 2. The van der Waals surface area contributed by atoms with Crippen molar-refractivity contribution in [2.24, 2.45) is 0 Å². The van der Waals surface area contributed by atoms with E-state index in [9.17, 15) is 14.4 Å². The molecule has 0 saturated carbocycles. The second-order valence-corrected chi connectivity index (χ2v) is 6.21. The molecule has 0 aliphatic carbocycles. The van der Waals surface area contributed by atoms with Gasteiger partial charge < -0.3 is 21.3 Å². The van der Waals surface area contributed by atoms with Crippen LogP contribution in [0.1, 0.15) is 28.4 Å². The summed E-state index contributed by atoms with van der Waals surface area (Å²) >= 11 is 0. The number of carbonyl (C=O) groups is 3. The predicted molar refractivity (Wildman–Crippen MR) is 106 cm³/mol. The third-order valence-electron chi connectivity index (χ3n) is 3.79. The number of hydrogen-bond acceptors (Lipinski definition) is 3. The minimum absolute atomic E-state index is 0.169. The molecule has 2 rings (SSSR count). The summed E-state index contributed by atoms with van der Waals surface area (Å²) in [6.45, 7) is 5.94. The Kier molecular flexibility index (Phi) is 6.93. The Balaban J connectivity index is 1.73. The monoisotopic (exact) mass is 368 g/mol. The van der Waals surface area contributed by atoms with E-state index in [0.29, 0.717) is 24.3 Å². The van der Waals surface area contributed by atoms with Crippen molar-refractivity contribution in [3.8, 4) is 0 Å². The summed E-state index contributed by atoms with van der Waals surface area (Å²) in [4.78, 5) is 35.0. The number of amides is 4. The van der Waals surface area contributed by atoms with E-state index < -0.39 is 0 Å². The summed E-state index contributed by atoms with van der Waals surface area (Å²) in [6, 6.07) is 12.0. The molecule has 2 aromatic rings. The highest BCUT2D eigenvalue weighted by molar-refractivity contribution is 5.95. The summed E-state index contributed by atoms with van der Waals surface area (Å²) < 4.78 is 0. The Morgan fingerprint density at radius 1 is 0.852 bits per heavy atom. The summed E-state index contributed by atoms with van der Waals surface area (Å²) in [7, 11) is 0. The number of hydrogen-bond donors (Lipinski definition) is 4. The maximum Gasteiger partial charge on any atom is 0.319 e. The first-order valence-corrected chi connectivity index (χ1v) is 8.63. The van der Waals surface area contributed by atoms with Gasteiger partial charge in [0.05, 0.1) is 0 Å². The predicted octanol–water partition coefficient (Wildman–Crippen LogP) is 2.81. The maximum atomic E-state index is 12.1. The van der Waals surface area contributed by atoms with Gasteiger partial charge in [-0.2, -0.15) is 0 Å². The van der Waals surface area contributed by atoms with Crippen molar-refractivity contribution < 1.29 is 14.4 Å². The van der Waals surface area contributed by atoms with Gasteiger partial charge in [0.15, 0.2) is 0 Å². The standard InChI is InChI=1S/C20H24N4O3/c1-13-4-9-18(14(2)12-13)24-20(27)22-11-10-21-19(26)16-5-7-17(8-6-16)23-15(3)25/h4-9,12H,10-11H2,1-3H3,(H,21,26)(H,23,25)(H2,22,24,27). The molecule has 0 aliphatic rings. The van der Waals surface area contributed by atoms with E-state index >= 15 is 0 Å². The van der Waals surface area contributed by atoms with Crippen LogP contribution in [0.25, 0.3) is 0 Å². The molecule has 0 unspecified atom stereocenters. The molecule has 0 atom stereocenters. The summed E-state index contributed by atoms with van der Waals surface area (Å²) in [5.41, 5.74) is 3.97. The zero-order chi connectivity index (χ0) is 19.8. The van der Waals surface area contributed by atoms with Crippen LogP contribution in [-0.2, 0) is 4.79 Å². The molecular formula is C20H24N4O3. The van der Waals surface area contributed by atoms with Gasteiger partial charge in [-0.3, -0.25) is 9.59 Å². The van der Waals surface area contributed by atoms with E-state index in [1.165, 1.54) is 6.92 Å². The molecule has 0 spiro atoms. The molecule has 0 aliphatic heterocycles. The highest BCUT2D eigenvalue weighted by Crippen LogP contribution is 2.15. The number of urea groups is 1. The van der Waals surface area contributed by atoms with E-state index in [-0.39, 0.29) is 17.8 Å². The van der Waals surface area contributed by atoms with Crippen molar-refractivity contribution in [3.63, 3.8) is 0 Å². The lowest BCUT2D eigenvalue weighted by molar-refractivity contribution is -0.114. The first kappa shape index (κ1) is 20.0. The zero-order valence-electron chi connectivity index (χ0n) is 15.7. The molecule has 0 heterocycles. The lowest BCUT2D eigenvalue weighted by Gasteiger charge is -2.11. The van der Waals surface area contributed by atoms with Crippen molar-refractivity contribution in [1.29, 1.82) is 0 Å². The van der Waals surface area contributed by atoms with Gasteiger partial charge in [0.2, 0.25) is 5.91 Å². The number of anilines is 2. The van der Waals surface area contributed by atoms with Crippen LogP contribution in [0.2, 0.25) is 0 Å². The first-order valence-electron chi connectivity index (χ1n) is 8.63. The highest BCUT2D eigenvalue weighted by atomic mass is 16.2. The first-order chi connectivity index (χ1) is 12.8. The summed E-state index contributed by atoms with van der Waals surface area (Å²) in [5, 5.41) is 10.8. The van der Waals surface area contributed by atoms with Gasteiger partial charge in [0.25, 0.3) is 5.91 Å². The van der Waals surface area contributed by atoms with E-state index in [1.807, 2.05) is 32.0 Å². The third-order valence-corrected chi connectivity index (χ3v) is 3.79.